The largest absolute Gasteiger partial charge is 0.481 e. The minimum atomic E-state index is -1.78. The Hall–Kier alpha value is -4.10. The van der Waals surface area contributed by atoms with Crippen LogP contribution in [-0.2, 0) is 33.5 Å². The van der Waals surface area contributed by atoms with Gasteiger partial charge in [0.2, 0.25) is 5.82 Å². The van der Waals surface area contributed by atoms with Crippen molar-refractivity contribution in [3.63, 3.8) is 0 Å². The number of aliphatic hydroxyl groups excluding tert-OH is 3. The number of halogens is 1. The number of aliphatic carboxylic acids is 1. The van der Waals surface area contributed by atoms with E-state index in [0.717, 1.165) is 6.33 Å². The molecule has 4 N–H and O–H groups in total. The smallest absolute Gasteiger partial charge is 0.317 e. The van der Waals surface area contributed by atoms with Crippen LogP contribution in [0.5, 0.6) is 11.6 Å². The van der Waals surface area contributed by atoms with Crippen molar-refractivity contribution >= 4 is 35.3 Å². The summed E-state index contributed by atoms with van der Waals surface area (Å²) >= 11 is 0.536. The van der Waals surface area contributed by atoms with Crippen LogP contribution in [0.25, 0.3) is 0 Å². The molecule has 18 heteroatoms. The fourth-order valence-corrected chi connectivity index (χ4v) is 4.69. The van der Waals surface area contributed by atoms with E-state index in [1.807, 2.05) is 0 Å². The molecule has 0 spiro atoms. The molecule has 42 heavy (non-hydrogen) atoms. The van der Waals surface area contributed by atoms with E-state index < -0.39 is 66.5 Å². The highest BCUT2D eigenvalue weighted by atomic mass is 32.2. The van der Waals surface area contributed by atoms with Gasteiger partial charge in [0, 0.05) is 0 Å². The molecule has 0 amide bonds. The number of carboxylic acids is 1. The lowest BCUT2D eigenvalue weighted by Crippen LogP contribution is -2.57. The first-order valence-electron chi connectivity index (χ1n) is 12.1. The second kappa shape index (κ2) is 14.2. The fourth-order valence-electron chi connectivity index (χ4n) is 3.67. The molecule has 0 radical (unpaired) electrons. The lowest BCUT2D eigenvalue weighted by Gasteiger charge is -2.39. The van der Waals surface area contributed by atoms with Gasteiger partial charge < -0.3 is 49.0 Å². The highest BCUT2D eigenvalue weighted by molar-refractivity contribution is 7.99. The van der Waals surface area contributed by atoms with E-state index in [4.69, 9.17) is 33.7 Å². The number of para-hydroxylation sites is 1. The van der Waals surface area contributed by atoms with E-state index in [2.05, 4.69) is 20.3 Å². The first kappa shape index (κ1) is 30.8. The summed E-state index contributed by atoms with van der Waals surface area (Å²) in [4.78, 5) is 39.9. The van der Waals surface area contributed by atoms with Gasteiger partial charge in [0.05, 0.1) is 5.56 Å². The average Bonchev–Trinajstić information content (AvgIpc) is 2.98. The number of esters is 1. The Morgan fingerprint density at radius 3 is 2.64 bits per heavy atom. The zero-order chi connectivity index (χ0) is 30.2. The topological polar surface area (TPSA) is 221 Å². The third-order valence-corrected chi connectivity index (χ3v) is 6.75. The van der Waals surface area contributed by atoms with E-state index in [1.165, 1.54) is 13.2 Å². The van der Waals surface area contributed by atoms with Gasteiger partial charge in [-0.1, -0.05) is 29.1 Å². The molecule has 5 atom stereocenters. The molecule has 226 valence electrons. The maximum Gasteiger partial charge on any atom is 0.317 e. The number of benzene rings is 1. The molecule has 0 saturated carbocycles. The second-order valence-electron chi connectivity index (χ2n) is 8.48. The molecule has 16 nitrogen and oxygen atoms in total. The summed E-state index contributed by atoms with van der Waals surface area (Å²) < 4.78 is 37.1. The van der Waals surface area contributed by atoms with Crippen molar-refractivity contribution in [2.75, 3.05) is 26.9 Å². The molecular formula is C24H25FN4O12S. The number of aromatic nitrogens is 2. The van der Waals surface area contributed by atoms with Crippen molar-refractivity contribution in [1.29, 1.82) is 0 Å². The Balaban J connectivity index is 1.53. The molecule has 2 aromatic rings. The van der Waals surface area contributed by atoms with Crippen LogP contribution >= 0.6 is 11.8 Å². The summed E-state index contributed by atoms with van der Waals surface area (Å²) in [5, 5.41) is 47.1. The number of nitrogens with zero attached hydrogens (tertiary/aromatic N) is 4. The zero-order valence-electron chi connectivity index (χ0n) is 21.7. The van der Waals surface area contributed by atoms with Crippen LogP contribution in [0, 0.1) is 5.82 Å². The SMILES string of the molecule is CO/N=C(\C1=NOCCO1)c1ccccc1Oc1ncnc(S[C@@H]2O[C@H](COC(=O)CC(=O)O)[C@@H](O)[C@H](O)[C@H]2O)c1F. The Kier molecular flexibility index (Phi) is 10.4. The van der Waals surface area contributed by atoms with Gasteiger partial charge in [-0.05, 0) is 17.3 Å². The number of carbonyl (C=O) groups excluding carboxylic acids is 1. The molecule has 0 unspecified atom stereocenters. The van der Waals surface area contributed by atoms with Crippen LogP contribution in [0.1, 0.15) is 12.0 Å². The maximum atomic E-state index is 15.6. The molecule has 3 heterocycles. The van der Waals surface area contributed by atoms with Crippen LogP contribution in [0.15, 0.2) is 45.9 Å². The van der Waals surface area contributed by atoms with E-state index >= 15 is 4.39 Å². The van der Waals surface area contributed by atoms with Gasteiger partial charge in [-0.15, -0.1) is 0 Å². The summed E-state index contributed by atoms with van der Waals surface area (Å²) in [6, 6.07) is 6.36. The number of ether oxygens (including phenoxy) is 4. The van der Waals surface area contributed by atoms with Crippen LogP contribution in [0.2, 0.25) is 0 Å². The highest BCUT2D eigenvalue weighted by Crippen LogP contribution is 2.36. The number of rotatable bonds is 11. The molecule has 2 aliphatic rings. The normalized spacial score (nSPS) is 24.1. The Bertz CT molecular complexity index is 1350. The molecule has 1 fully saturated rings. The van der Waals surface area contributed by atoms with Gasteiger partial charge in [-0.3, -0.25) is 9.59 Å². The standard InChI is InChI=1S/C24H25FN4O12S/c1-36-28-17(22-29-39-7-6-37-22)11-4-2-3-5-12(11)40-21-16(25)23(27-10-26-21)42-24-20(35)19(34)18(33)13(41-24)9-38-15(32)8-14(30)31/h2-5,10,13,18-20,24,33-35H,6-9H2,1H3,(H,30,31)/b28-17-/t13-,18-,19+,20-,24+/m1/s1. The molecule has 2 aliphatic heterocycles. The molecule has 1 aromatic heterocycles. The van der Waals surface area contributed by atoms with Crippen LogP contribution in [0.3, 0.4) is 0 Å². The Morgan fingerprint density at radius 1 is 1.14 bits per heavy atom. The third-order valence-electron chi connectivity index (χ3n) is 5.62. The van der Waals surface area contributed by atoms with Crippen molar-refractivity contribution in [2.24, 2.45) is 10.3 Å². The summed E-state index contributed by atoms with van der Waals surface area (Å²) in [7, 11) is 1.31. The molecule has 0 aliphatic carbocycles. The fraction of sp³-hybridized carbons (Fsp3) is 0.417. The quantitative estimate of drug-likeness (QED) is 0.0865. The molecule has 0 bridgehead atoms. The molecule has 1 aromatic carbocycles. The van der Waals surface area contributed by atoms with Crippen LogP contribution in [-0.4, -0.2) is 111 Å². The molecular weight excluding hydrogens is 587 g/mol. The molecule has 1 saturated heterocycles. The molecule has 4 rings (SSSR count). The van der Waals surface area contributed by atoms with Gasteiger partial charge in [0.25, 0.3) is 11.8 Å². The minimum Gasteiger partial charge on any atom is -0.481 e. The lowest BCUT2D eigenvalue weighted by atomic mass is 10.0. The van der Waals surface area contributed by atoms with Crippen molar-refractivity contribution in [1.82, 2.24) is 9.97 Å². The Morgan fingerprint density at radius 2 is 1.93 bits per heavy atom. The predicted octanol–water partition coefficient (Wildman–Crippen LogP) is 0.0364. The first-order chi connectivity index (χ1) is 20.2. The minimum absolute atomic E-state index is 0.00549. The number of carbonyl (C=O) groups is 2. The van der Waals surface area contributed by atoms with E-state index in [-0.39, 0.29) is 35.6 Å². The Labute approximate surface area is 240 Å². The average molecular weight is 613 g/mol. The summed E-state index contributed by atoms with van der Waals surface area (Å²) in [6.45, 7) is -0.199. The number of oxime groups is 2. The second-order valence-corrected chi connectivity index (χ2v) is 9.57. The van der Waals surface area contributed by atoms with Gasteiger partial charge >= 0.3 is 11.9 Å². The van der Waals surface area contributed by atoms with E-state index in [1.54, 1.807) is 18.2 Å². The first-order valence-corrected chi connectivity index (χ1v) is 13.0. The summed E-state index contributed by atoms with van der Waals surface area (Å²) in [5.41, 5.74) is -1.02. The number of aliphatic hydroxyl groups is 3. The summed E-state index contributed by atoms with van der Waals surface area (Å²) in [6.07, 6.45) is -6.52. The maximum absolute atomic E-state index is 15.6. The predicted molar refractivity (Wildman–Crippen MR) is 137 cm³/mol. The van der Waals surface area contributed by atoms with Gasteiger partial charge in [-0.2, -0.15) is 9.37 Å². The number of hydrogen-bond donors (Lipinski definition) is 4. The number of thioether (sulfide) groups is 1. The van der Waals surface area contributed by atoms with Gasteiger partial charge in [0.1, 0.15) is 73.7 Å². The highest BCUT2D eigenvalue weighted by Gasteiger charge is 2.45. The zero-order valence-corrected chi connectivity index (χ0v) is 22.5. The van der Waals surface area contributed by atoms with Crippen molar-refractivity contribution in [3.05, 3.63) is 42.0 Å². The van der Waals surface area contributed by atoms with Crippen LogP contribution < -0.4 is 4.74 Å². The third kappa shape index (κ3) is 7.39. The van der Waals surface area contributed by atoms with Crippen molar-refractivity contribution in [3.8, 4) is 11.6 Å². The lowest BCUT2D eigenvalue weighted by molar-refractivity contribution is -0.210. The number of hydrogen-bond acceptors (Lipinski definition) is 16. The van der Waals surface area contributed by atoms with Gasteiger partial charge in [0.15, 0.2) is 12.3 Å². The van der Waals surface area contributed by atoms with Gasteiger partial charge in [-0.25, -0.2) is 4.98 Å². The van der Waals surface area contributed by atoms with Crippen molar-refractivity contribution < 1.29 is 63.0 Å². The summed E-state index contributed by atoms with van der Waals surface area (Å²) in [5.74, 6) is -4.04. The van der Waals surface area contributed by atoms with E-state index in [9.17, 15) is 24.9 Å². The van der Waals surface area contributed by atoms with E-state index in [0.29, 0.717) is 17.3 Å². The van der Waals surface area contributed by atoms with Crippen LogP contribution in [0.4, 0.5) is 4.39 Å². The number of carboxylic acid groups (broad SMARTS) is 1. The van der Waals surface area contributed by atoms with Crippen molar-refractivity contribution in [2.45, 2.75) is 41.3 Å². The monoisotopic (exact) mass is 612 g/mol.